The Labute approximate surface area is 137 Å². The van der Waals surface area contributed by atoms with Crippen LogP contribution in [0.4, 0.5) is 0 Å². The zero-order valence-electron chi connectivity index (χ0n) is 14.0. The van der Waals surface area contributed by atoms with Crippen LogP contribution in [0.5, 0.6) is 0 Å². The number of aliphatic imine (C=N–C) groups is 1. The number of aryl methyl sites for hydroxylation is 1. The average Bonchev–Trinajstić information content (AvgIpc) is 3.39. The fraction of sp³-hybridized carbons (Fsp3) is 0.389. The predicted octanol–water partition coefficient (Wildman–Crippen LogP) is 3.17. The number of pyridine rings is 1. The summed E-state index contributed by atoms with van der Waals surface area (Å²) in [7, 11) is 0. The second-order valence-corrected chi connectivity index (χ2v) is 5.82. The number of hydrogen-bond donors (Lipinski definition) is 2. The first-order valence-electron chi connectivity index (χ1n) is 7.95. The Balaban J connectivity index is 2.48. The molecule has 122 valence electrons. The number of aromatic nitrogens is 1. The van der Waals surface area contributed by atoms with E-state index in [0.29, 0.717) is 11.6 Å². The molecule has 2 rings (SSSR count). The van der Waals surface area contributed by atoms with E-state index in [-0.39, 0.29) is 0 Å². The van der Waals surface area contributed by atoms with Crippen LogP contribution >= 0.6 is 0 Å². The van der Waals surface area contributed by atoms with Gasteiger partial charge in [0.15, 0.2) is 0 Å². The number of nitrogens with zero attached hydrogens (tertiary/aromatic N) is 2. The molecule has 1 heterocycles. The number of hydrogen-bond acceptors (Lipinski definition) is 4. The molecule has 0 unspecified atom stereocenters. The van der Waals surface area contributed by atoms with Gasteiger partial charge in [0.1, 0.15) is 5.69 Å². The lowest BCUT2D eigenvalue weighted by molar-refractivity contribution is 0.0948. The minimum absolute atomic E-state index is 0.310. The highest BCUT2D eigenvalue weighted by atomic mass is 16.2. The molecule has 0 radical (unpaired) electrons. The molecule has 1 aliphatic carbocycles. The maximum Gasteiger partial charge on any atom is 0.284 e. The van der Waals surface area contributed by atoms with Crippen LogP contribution in [-0.2, 0) is 0 Å². The van der Waals surface area contributed by atoms with Gasteiger partial charge in [-0.05, 0) is 50.7 Å². The van der Waals surface area contributed by atoms with Gasteiger partial charge in [-0.15, -0.1) is 0 Å². The molecule has 0 spiro atoms. The van der Waals surface area contributed by atoms with Crippen molar-refractivity contribution in [2.24, 2.45) is 16.8 Å². The third-order valence-corrected chi connectivity index (χ3v) is 3.79. The van der Waals surface area contributed by atoms with Gasteiger partial charge in [-0.1, -0.05) is 19.1 Å². The SMILES string of the molecule is CC\C=C/C(=C\N=C(/C)C1CC1)c1cc(C)cnc1C(=O)NN. The summed E-state index contributed by atoms with van der Waals surface area (Å²) in [5, 5.41) is 0. The fourth-order valence-electron chi connectivity index (χ4n) is 2.26. The molecule has 0 saturated heterocycles. The average molecular weight is 312 g/mol. The molecule has 0 aromatic carbocycles. The monoisotopic (exact) mass is 312 g/mol. The number of allylic oxidation sites excluding steroid dienone is 3. The Hall–Kier alpha value is -2.27. The van der Waals surface area contributed by atoms with Gasteiger partial charge in [-0.3, -0.25) is 20.2 Å². The maximum absolute atomic E-state index is 12.0. The van der Waals surface area contributed by atoms with Crippen molar-refractivity contribution in [1.82, 2.24) is 10.4 Å². The van der Waals surface area contributed by atoms with Crippen LogP contribution in [0.2, 0.25) is 0 Å². The number of hydrazine groups is 1. The summed E-state index contributed by atoms with van der Waals surface area (Å²) in [5.74, 6) is 5.49. The van der Waals surface area contributed by atoms with E-state index in [1.807, 2.05) is 31.3 Å². The number of nitrogen functional groups attached to an aromatic ring is 1. The highest BCUT2D eigenvalue weighted by Gasteiger charge is 2.24. The van der Waals surface area contributed by atoms with E-state index in [9.17, 15) is 4.79 Å². The Morgan fingerprint density at radius 1 is 1.52 bits per heavy atom. The topological polar surface area (TPSA) is 80.4 Å². The van der Waals surface area contributed by atoms with Crippen LogP contribution in [0.25, 0.3) is 5.57 Å². The van der Waals surface area contributed by atoms with Crippen LogP contribution in [-0.4, -0.2) is 16.6 Å². The van der Waals surface area contributed by atoms with Gasteiger partial charge in [0.25, 0.3) is 5.91 Å². The molecular formula is C18H24N4O. The summed E-state index contributed by atoms with van der Waals surface area (Å²) in [6.45, 7) is 6.06. The van der Waals surface area contributed by atoms with Crippen LogP contribution < -0.4 is 11.3 Å². The molecular weight excluding hydrogens is 288 g/mol. The largest absolute Gasteiger partial charge is 0.289 e. The number of carbonyl (C=O) groups is 1. The lowest BCUT2D eigenvalue weighted by atomic mass is 10.0. The zero-order chi connectivity index (χ0) is 16.8. The Morgan fingerprint density at radius 3 is 2.87 bits per heavy atom. The molecule has 0 aliphatic heterocycles. The molecule has 1 saturated carbocycles. The molecule has 23 heavy (non-hydrogen) atoms. The standard InChI is InChI=1S/C18H24N4O/c1-4-5-6-15(11-20-13(3)14-7-8-14)16-9-12(2)10-21-17(16)18(23)22-19/h5-6,9-11,14H,4,7-8,19H2,1-3H3,(H,22,23)/b6-5-,15-11+,20-13+. The van der Waals surface area contributed by atoms with E-state index in [2.05, 4.69) is 29.2 Å². The quantitative estimate of drug-likeness (QED) is 0.278. The van der Waals surface area contributed by atoms with Gasteiger partial charge in [0.05, 0.1) is 0 Å². The number of nitrogens with two attached hydrogens (primary N) is 1. The minimum Gasteiger partial charge on any atom is -0.289 e. The van der Waals surface area contributed by atoms with Crippen LogP contribution in [0.3, 0.4) is 0 Å². The number of amides is 1. The Morgan fingerprint density at radius 2 is 2.26 bits per heavy atom. The van der Waals surface area contributed by atoms with Crippen LogP contribution in [0, 0.1) is 12.8 Å². The van der Waals surface area contributed by atoms with Gasteiger partial charge in [-0.2, -0.15) is 0 Å². The van der Waals surface area contributed by atoms with Crippen molar-refractivity contribution in [2.75, 3.05) is 0 Å². The van der Waals surface area contributed by atoms with E-state index in [4.69, 9.17) is 5.84 Å². The van der Waals surface area contributed by atoms with Crippen LogP contribution in [0.15, 0.2) is 35.6 Å². The second-order valence-electron chi connectivity index (χ2n) is 5.82. The zero-order valence-corrected chi connectivity index (χ0v) is 14.0. The third-order valence-electron chi connectivity index (χ3n) is 3.79. The molecule has 5 nitrogen and oxygen atoms in total. The van der Waals surface area contributed by atoms with Crippen molar-refractivity contribution in [3.05, 3.63) is 47.4 Å². The molecule has 0 atom stereocenters. The fourth-order valence-corrected chi connectivity index (χ4v) is 2.26. The van der Waals surface area contributed by atoms with Crippen molar-refractivity contribution in [2.45, 2.75) is 40.0 Å². The first-order valence-corrected chi connectivity index (χ1v) is 7.95. The normalized spacial score (nSPS) is 16.0. The minimum atomic E-state index is -0.404. The summed E-state index contributed by atoms with van der Waals surface area (Å²) >= 11 is 0. The summed E-state index contributed by atoms with van der Waals surface area (Å²) in [4.78, 5) is 20.8. The summed E-state index contributed by atoms with van der Waals surface area (Å²) in [6, 6.07) is 1.94. The van der Waals surface area contributed by atoms with Crippen molar-refractivity contribution < 1.29 is 4.79 Å². The Bertz CT molecular complexity index is 670. The lowest BCUT2D eigenvalue weighted by Crippen LogP contribution is -2.31. The molecule has 1 aliphatic rings. The molecule has 3 N–H and O–H groups in total. The second kappa shape index (κ2) is 7.83. The summed E-state index contributed by atoms with van der Waals surface area (Å²) in [5.41, 5.74) is 6.19. The number of carbonyl (C=O) groups excluding carboxylic acids is 1. The number of nitrogens with one attached hydrogen (secondary N) is 1. The van der Waals surface area contributed by atoms with Crippen LogP contribution in [0.1, 0.15) is 54.7 Å². The molecule has 1 fully saturated rings. The molecule has 0 bridgehead atoms. The van der Waals surface area contributed by atoms with E-state index in [1.165, 1.54) is 12.8 Å². The van der Waals surface area contributed by atoms with Gasteiger partial charge < -0.3 is 0 Å². The van der Waals surface area contributed by atoms with E-state index in [0.717, 1.165) is 28.8 Å². The summed E-state index contributed by atoms with van der Waals surface area (Å²) in [6.07, 6.45) is 10.8. The van der Waals surface area contributed by atoms with Gasteiger partial charge in [0.2, 0.25) is 0 Å². The molecule has 5 heteroatoms. The first-order chi connectivity index (χ1) is 11.1. The van der Waals surface area contributed by atoms with Crippen molar-refractivity contribution in [3.63, 3.8) is 0 Å². The van der Waals surface area contributed by atoms with Crippen molar-refractivity contribution in [3.8, 4) is 0 Å². The maximum atomic E-state index is 12.0. The predicted molar refractivity (Wildman–Crippen MR) is 93.9 cm³/mol. The van der Waals surface area contributed by atoms with E-state index in [1.54, 1.807) is 6.20 Å². The van der Waals surface area contributed by atoms with Gasteiger partial charge in [-0.25, -0.2) is 5.84 Å². The van der Waals surface area contributed by atoms with Crippen molar-refractivity contribution >= 4 is 17.2 Å². The summed E-state index contributed by atoms with van der Waals surface area (Å²) < 4.78 is 0. The molecule has 1 aromatic rings. The van der Waals surface area contributed by atoms with E-state index >= 15 is 0 Å². The third kappa shape index (κ3) is 4.60. The molecule has 1 aromatic heterocycles. The number of rotatable bonds is 6. The smallest absolute Gasteiger partial charge is 0.284 e. The van der Waals surface area contributed by atoms with Gasteiger partial charge >= 0.3 is 0 Å². The Kier molecular flexibility index (Phi) is 5.82. The van der Waals surface area contributed by atoms with E-state index < -0.39 is 5.91 Å². The first kappa shape index (κ1) is 17.1. The highest BCUT2D eigenvalue weighted by molar-refractivity contribution is 5.98. The molecule has 1 amide bonds. The highest BCUT2D eigenvalue weighted by Crippen LogP contribution is 2.31. The van der Waals surface area contributed by atoms with Gasteiger partial charge in [0, 0.05) is 29.2 Å². The lowest BCUT2D eigenvalue weighted by Gasteiger charge is -2.09. The van der Waals surface area contributed by atoms with Crippen molar-refractivity contribution in [1.29, 1.82) is 0 Å².